The number of nitrogens with zero attached hydrogens (tertiary/aromatic N) is 1. The van der Waals surface area contributed by atoms with E-state index in [-0.39, 0.29) is 25.5 Å². The smallest absolute Gasteiger partial charge is 0.407 e. The molecule has 3 aliphatic rings. The van der Waals surface area contributed by atoms with Crippen LogP contribution in [0.1, 0.15) is 76.0 Å². The average Bonchev–Trinajstić information content (AvgIpc) is 3.30. The number of methoxy groups -OCH3 is 1. The molecule has 1 aromatic rings. The van der Waals surface area contributed by atoms with Crippen LogP contribution in [0.25, 0.3) is 0 Å². The standard InChI is InChI=1S/C31H42N2O6/c1-20-11-8-9-13-23(20)24-15-14-22-17-21(24)12-7-6-10-16-39-29(37)32-26(30(2,3)4)27(34)33-19-31(22,38-5)18-25(33)28(35)36/h8-9,11,13-15,17,20,23,25-26H,6-7,10,12,16,18-19H2,1-5H3,(H,32,37)(H,35,36)/t20?,23?,25-,26+,31-/m0/s1. The fourth-order valence-electron chi connectivity index (χ4n) is 6.07. The molecule has 0 radical (unpaired) electrons. The van der Waals surface area contributed by atoms with E-state index in [4.69, 9.17) is 9.47 Å². The van der Waals surface area contributed by atoms with E-state index in [1.165, 1.54) is 16.0 Å². The quantitative estimate of drug-likeness (QED) is 0.566. The van der Waals surface area contributed by atoms with Crippen LogP contribution in [0.3, 0.4) is 0 Å². The van der Waals surface area contributed by atoms with Crippen LogP contribution in [0.2, 0.25) is 0 Å². The zero-order valence-electron chi connectivity index (χ0n) is 23.7. The molecule has 8 heteroatoms. The van der Waals surface area contributed by atoms with Gasteiger partial charge in [-0.1, -0.05) is 70.2 Å². The van der Waals surface area contributed by atoms with Gasteiger partial charge in [0.15, 0.2) is 0 Å². The third-order valence-corrected chi connectivity index (χ3v) is 8.42. The lowest BCUT2D eigenvalue weighted by atomic mass is 9.79. The second-order valence-corrected chi connectivity index (χ2v) is 12.2. The SMILES string of the molecule is CO[C@@]12C[C@@H](C(=O)O)N(C1)C(=O)[C@H](C(C)(C)C)NC(=O)OCCCCCc1cc2ccc1C1C=CC=CC1C. The van der Waals surface area contributed by atoms with Crippen molar-refractivity contribution in [1.29, 1.82) is 0 Å². The van der Waals surface area contributed by atoms with Gasteiger partial charge < -0.3 is 24.8 Å². The van der Waals surface area contributed by atoms with Gasteiger partial charge >= 0.3 is 12.1 Å². The zero-order valence-corrected chi connectivity index (χ0v) is 23.7. The number of allylic oxidation sites excluding steroid dienone is 4. The monoisotopic (exact) mass is 538 g/mol. The van der Waals surface area contributed by atoms with Crippen LogP contribution < -0.4 is 5.32 Å². The Morgan fingerprint density at radius 3 is 2.56 bits per heavy atom. The van der Waals surface area contributed by atoms with E-state index < -0.39 is 41.1 Å². The normalized spacial score (nSPS) is 30.1. The lowest BCUT2D eigenvalue weighted by molar-refractivity contribution is -0.150. The van der Waals surface area contributed by atoms with Crippen molar-refractivity contribution < 1.29 is 29.0 Å². The lowest BCUT2D eigenvalue weighted by Gasteiger charge is -2.35. The van der Waals surface area contributed by atoms with Crippen LogP contribution in [-0.2, 0) is 31.1 Å². The molecule has 2 N–H and O–H groups in total. The maximum atomic E-state index is 13.9. The zero-order chi connectivity index (χ0) is 28.4. The van der Waals surface area contributed by atoms with E-state index in [9.17, 15) is 19.5 Å². The van der Waals surface area contributed by atoms with Gasteiger partial charge in [0.1, 0.15) is 17.7 Å². The Labute approximate surface area is 231 Å². The molecule has 4 bridgehead atoms. The van der Waals surface area contributed by atoms with Gasteiger partial charge in [0, 0.05) is 19.4 Å². The third-order valence-electron chi connectivity index (χ3n) is 8.42. The highest BCUT2D eigenvalue weighted by molar-refractivity contribution is 5.90. The molecule has 2 heterocycles. The predicted molar refractivity (Wildman–Crippen MR) is 148 cm³/mol. The molecule has 1 saturated heterocycles. The van der Waals surface area contributed by atoms with Gasteiger partial charge in [-0.05, 0) is 53.7 Å². The minimum absolute atomic E-state index is 0.0733. The Bertz CT molecular complexity index is 1150. The maximum absolute atomic E-state index is 13.9. The first-order valence-electron chi connectivity index (χ1n) is 14.0. The molecule has 212 valence electrons. The number of carbonyl (C=O) groups is 3. The summed E-state index contributed by atoms with van der Waals surface area (Å²) >= 11 is 0. The second kappa shape index (κ2) is 11.5. The van der Waals surface area contributed by atoms with Crippen molar-refractivity contribution in [2.75, 3.05) is 20.3 Å². The number of fused-ring (bicyclic) bond motifs is 5. The molecule has 0 saturated carbocycles. The van der Waals surface area contributed by atoms with Crippen molar-refractivity contribution in [1.82, 2.24) is 10.2 Å². The molecule has 2 unspecified atom stereocenters. The summed E-state index contributed by atoms with van der Waals surface area (Å²) in [5.41, 5.74) is 1.68. The second-order valence-electron chi connectivity index (χ2n) is 12.2. The molecule has 39 heavy (non-hydrogen) atoms. The largest absolute Gasteiger partial charge is 0.480 e. The molecule has 1 aromatic carbocycles. The predicted octanol–water partition coefficient (Wildman–Crippen LogP) is 4.93. The molecule has 2 aliphatic heterocycles. The molecule has 4 rings (SSSR count). The van der Waals surface area contributed by atoms with Crippen LogP contribution in [0.5, 0.6) is 0 Å². The van der Waals surface area contributed by atoms with Crippen molar-refractivity contribution in [3.8, 4) is 0 Å². The number of cyclic esters (lactones) is 1. The highest BCUT2D eigenvalue weighted by atomic mass is 16.5. The van der Waals surface area contributed by atoms with Gasteiger partial charge in [0.25, 0.3) is 0 Å². The van der Waals surface area contributed by atoms with Gasteiger partial charge in [-0.25, -0.2) is 9.59 Å². The number of hydrogen-bond acceptors (Lipinski definition) is 5. The van der Waals surface area contributed by atoms with Crippen molar-refractivity contribution in [2.24, 2.45) is 11.3 Å². The van der Waals surface area contributed by atoms with Gasteiger partial charge in [-0.15, -0.1) is 0 Å². The van der Waals surface area contributed by atoms with E-state index >= 15 is 0 Å². The summed E-state index contributed by atoms with van der Waals surface area (Å²) in [4.78, 5) is 40.4. The number of carbonyl (C=O) groups excluding carboxylic acids is 2. The summed E-state index contributed by atoms with van der Waals surface area (Å²) in [6.07, 6.45) is 11.4. The summed E-state index contributed by atoms with van der Waals surface area (Å²) < 4.78 is 11.5. The summed E-state index contributed by atoms with van der Waals surface area (Å²) in [5.74, 6) is -0.954. The number of alkyl carbamates (subject to hydrolysis) is 1. The number of hydrogen-bond donors (Lipinski definition) is 2. The van der Waals surface area contributed by atoms with E-state index in [0.29, 0.717) is 12.3 Å². The van der Waals surface area contributed by atoms with Crippen molar-refractivity contribution in [3.63, 3.8) is 0 Å². The third kappa shape index (κ3) is 6.06. The minimum atomic E-state index is -1.10. The molecule has 2 amide bonds. The minimum Gasteiger partial charge on any atom is -0.480 e. The molecule has 5 atom stereocenters. The molecule has 0 spiro atoms. The number of benzene rings is 1. The van der Waals surface area contributed by atoms with E-state index in [2.05, 4.69) is 48.7 Å². The summed E-state index contributed by atoms with van der Waals surface area (Å²) in [6, 6.07) is 4.30. The van der Waals surface area contributed by atoms with Crippen LogP contribution in [0, 0.1) is 11.3 Å². The molecule has 8 nitrogen and oxygen atoms in total. The highest BCUT2D eigenvalue weighted by Gasteiger charge is 2.53. The first-order chi connectivity index (χ1) is 18.5. The number of nitrogens with one attached hydrogen (secondary N) is 1. The number of aryl methyl sites for hydroxylation is 1. The first kappa shape index (κ1) is 28.9. The van der Waals surface area contributed by atoms with Gasteiger partial charge in [-0.3, -0.25) is 4.79 Å². The Balaban J connectivity index is 1.80. The van der Waals surface area contributed by atoms with Crippen LogP contribution in [0.4, 0.5) is 4.79 Å². The fourth-order valence-corrected chi connectivity index (χ4v) is 6.07. The van der Waals surface area contributed by atoms with Gasteiger partial charge in [-0.2, -0.15) is 0 Å². The van der Waals surface area contributed by atoms with Crippen molar-refractivity contribution >= 4 is 18.0 Å². The Kier molecular flexibility index (Phi) is 8.54. The van der Waals surface area contributed by atoms with E-state index in [1.54, 1.807) is 7.11 Å². The van der Waals surface area contributed by atoms with Crippen LogP contribution >= 0.6 is 0 Å². The number of carboxylic acids is 1. The average molecular weight is 539 g/mol. The summed E-state index contributed by atoms with van der Waals surface area (Å²) in [6.45, 7) is 8.05. The Morgan fingerprint density at radius 1 is 1.15 bits per heavy atom. The van der Waals surface area contributed by atoms with Crippen molar-refractivity contribution in [3.05, 3.63) is 59.2 Å². The van der Waals surface area contributed by atoms with Crippen molar-refractivity contribution in [2.45, 2.75) is 83.4 Å². The Hall–Kier alpha value is -3.13. The molecule has 1 aliphatic carbocycles. The number of amides is 2. The molecule has 1 fully saturated rings. The van der Waals surface area contributed by atoms with Crippen LogP contribution in [0.15, 0.2) is 42.5 Å². The lowest BCUT2D eigenvalue weighted by Crippen LogP contribution is -2.57. The Morgan fingerprint density at radius 2 is 1.90 bits per heavy atom. The molecule has 0 aromatic heterocycles. The molecular formula is C31H42N2O6. The van der Waals surface area contributed by atoms with Gasteiger partial charge in [0.05, 0.1) is 13.2 Å². The number of carboxylic acid groups (broad SMARTS) is 1. The topological polar surface area (TPSA) is 105 Å². The summed E-state index contributed by atoms with van der Waals surface area (Å²) in [5, 5.41) is 12.9. The number of aliphatic carboxylic acids is 1. The number of ether oxygens (including phenoxy) is 2. The molecular weight excluding hydrogens is 496 g/mol. The van der Waals surface area contributed by atoms with E-state index in [0.717, 1.165) is 24.8 Å². The number of rotatable bonds is 3. The fraction of sp³-hybridized carbons (Fsp3) is 0.581. The van der Waals surface area contributed by atoms with Gasteiger partial charge in [0.2, 0.25) is 5.91 Å². The van der Waals surface area contributed by atoms with E-state index in [1.807, 2.05) is 26.8 Å². The van der Waals surface area contributed by atoms with Crippen LogP contribution in [-0.4, -0.2) is 60.3 Å². The highest BCUT2D eigenvalue weighted by Crippen LogP contribution is 2.42. The first-order valence-corrected chi connectivity index (χ1v) is 14.0. The summed E-state index contributed by atoms with van der Waals surface area (Å²) in [7, 11) is 1.58. The maximum Gasteiger partial charge on any atom is 0.407 e.